The molecular weight excluding hydrogens is 464 g/mol. The number of aromatic nitrogens is 2. The molecule has 1 aliphatic heterocycles. The lowest BCUT2D eigenvalue weighted by Crippen LogP contribution is -2.53. The quantitative estimate of drug-likeness (QED) is 0.517. The topological polar surface area (TPSA) is 91.5 Å². The number of nitrogens with one attached hydrogen (secondary N) is 1. The number of nitrogens with zero attached hydrogens (tertiary/aromatic N) is 3. The van der Waals surface area contributed by atoms with E-state index in [1.165, 1.54) is 38.5 Å². The molecule has 4 aliphatic carbocycles. The summed E-state index contributed by atoms with van der Waals surface area (Å²) in [5, 5.41) is 15.5. The van der Waals surface area contributed by atoms with E-state index in [0.717, 1.165) is 53.4 Å². The average Bonchev–Trinajstić information content (AvgIpc) is 2.88. The molecule has 0 spiro atoms. The van der Waals surface area contributed by atoms with E-state index >= 15 is 0 Å². The van der Waals surface area contributed by atoms with Crippen LogP contribution in [0.2, 0.25) is 0 Å². The van der Waals surface area contributed by atoms with Crippen molar-refractivity contribution in [2.75, 3.05) is 18.4 Å². The predicted octanol–water partition coefficient (Wildman–Crippen LogP) is 4.44. The second kappa shape index (κ2) is 8.91. The van der Waals surface area contributed by atoms with Gasteiger partial charge in [-0.1, -0.05) is 11.6 Å². The van der Waals surface area contributed by atoms with Crippen molar-refractivity contribution in [3.05, 3.63) is 63.4 Å². The molecule has 2 aromatic heterocycles. The summed E-state index contributed by atoms with van der Waals surface area (Å²) >= 11 is 0. The van der Waals surface area contributed by atoms with Crippen molar-refractivity contribution in [1.29, 1.82) is 0 Å². The monoisotopic (exact) mass is 500 g/mol. The lowest BCUT2D eigenvalue weighted by atomic mass is 9.48. The fourth-order valence-corrected chi connectivity index (χ4v) is 8.33. The molecule has 1 unspecified atom stereocenters. The first kappa shape index (κ1) is 23.4. The molecule has 4 bridgehead atoms. The van der Waals surface area contributed by atoms with Crippen LogP contribution in [0.5, 0.6) is 0 Å². The maximum atomic E-state index is 13.1. The fraction of sp³-hybridized carbons (Fsp3) is 0.567. The summed E-state index contributed by atoms with van der Waals surface area (Å²) in [6.45, 7) is 4.55. The van der Waals surface area contributed by atoms with Crippen molar-refractivity contribution in [2.24, 2.45) is 23.2 Å². The van der Waals surface area contributed by atoms with Gasteiger partial charge in [0.25, 0.3) is 0 Å². The van der Waals surface area contributed by atoms with Crippen LogP contribution in [0.25, 0.3) is 11.0 Å². The van der Waals surface area contributed by atoms with Crippen LogP contribution in [0.15, 0.2) is 40.0 Å². The van der Waals surface area contributed by atoms with Gasteiger partial charge in [0.2, 0.25) is 0 Å². The predicted molar refractivity (Wildman–Crippen MR) is 142 cm³/mol. The Morgan fingerprint density at radius 1 is 1.16 bits per heavy atom. The van der Waals surface area contributed by atoms with E-state index in [-0.39, 0.29) is 16.9 Å². The zero-order valence-corrected chi connectivity index (χ0v) is 21.6. The van der Waals surface area contributed by atoms with Gasteiger partial charge in [0.15, 0.2) is 5.43 Å². The number of anilines is 1. The van der Waals surface area contributed by atoms with Crippen LogP contribution in [-0.4, -0.2) is 39.2 Å². The summed E-state index contributed by atoms with van der Waals surface area (Å²) in [5.74, 6) is 3.34. The molecule has 3 heterocycles. The maximum absolute atomic E-state index is 13.1. The highest BCUT2D eigenvalue weighted by molar-refractivity contribution is 5.77. The molecule has 2 N–H and O–H groups in total. The molecule has 7 nitrogen and oxygen atoms in total. The van der Waals surface area contributed by atoms with Crippen LogP contribution in [0, 0.1) is 30.1 Å². The zero-order valence-electron chi connectivity index (χ0n) is 21.6. The van der Waals surface area contributed by atoms with Crippen LogP contribution >= 0.6 is 0 Å². The van der Waals surface area contributed by atoms with E-state index in [2.05, 4.69) is 20.2 Å². The van der Waals surface area contributed by atoms with Gasteiger partial charge in [0, 0.05) is 37.3 Å². The number of aryl methyl sites for hydroxylation is 1. The molecule has 0 amide bonds. The second-order valence-electron chi connectivity index (χ2n) is 12.4. The Balaban J connectivity index is 1.04. The number of benzene rings is 1. The Morgan fingerprint density at radius 3 is 2.68 bits per heavy atom. The Labute approximate surface area is 217 Å². The van der Waals surface area contributed by atoms with Crippen molar-refractivity contribution < 1.29 is 9.52 Å². The standard InChI is InChI=1S/C30H36N4O3/c1-18-2-3-26-24(6-18)28(36)22(16-37-26)14-34-5-4-23-25(15-34)32-17-33-29(23)31-13-27(35)30-10-19-7-20(11-30)9-21(8-19)12-30/h2-3,6,16-17,19-21,27,35H,4-5,7-15H2,1H3,(H,31,32,33). The van der Waals surface area contributed by atoms with Gasteiger partial charge in [-0.3, -0.25) is 9.69 Å². The SMILES string of the molecule is Cc1ccc2occ(CN3CCc4c(ncnc4NCC(O)C45CC6CC(CC(C6)C4)C5)C3)c(=O)c2c1. The van der Waals surface area contributed by atoms with Crippen molar-refractivity contribution in [2.45, 2.75) is 71.1 Å². The molecule has 0 saturated heterocycles. The Kier molecular flexibility index (Phi) is 5.63. The first-order chi connectivity index (χ1) is 18.0. The van der Waals surface area contributed by atoms with Crippen LogP contribution in [0.4, 0.5) is 5.82 Å². The molecule has 8 rings (SSSR count). The van der Waals surface area contributed by atoms with E-state index < -0.39 is 0 Å². The molecule has 37 heavy (non-hydrogen) atoms. The van der Waals surface area contributed by atoms with E-state index in [1.54, 1.807) is 12.6 Å². The number of rotatable bonds is 6. The lowest BCUT2D eigenvalue weighted by Gasteiger charge is -2.58. The zero-order chi connectivity index (χ0) is 25.1. The summed E-state index contributed by atoms with van der Waals surface area (Å²) in [4.78, 5) is 24.5. The molecule has 194 valence electrons. The molecule has 1 atom stereocenters. The first-order valence-corrected chi connectivity index (χ1v) is 13.9. The highest BCUT2D eigenvalue weighted by Crippen LogP contribution is 2.61. The minimum absolute atomic E-state index is 0.0412. The molecular formula is C30H36N4O3. The molecule has 4 saturated carbocycles. The summed E-state index contributed by atoms with van der Waals surface area (Å²) in [6.07, 6.45) is 11.4. The van der Waals surface area contributed by atoms with Crippen molar-refractivity contribution in [1.82, 2.24) is 14.9 Å². The van der Waals surface area contributed by atoms with Crippen molar-refractivity contribution in [3.8, 4) is 0 Å². The molecule has 4 fully saturated rings. The summed E-state index contributed by atoms with van der Waals surface area (Å²) in [7, 11) is 0. The van der Waals surface area contributed by atoms with Gasteiger partial charge in [0.1, 0.15) is 17.7 Å². The second-order valence-corrected chi connectivity index (χ2v) is 12.4. The van der Waals surface area contributed by atoms with Crippen LogP contribution < -0.4 is 10.7 Å². The third-order valence-electron chi connectivity index (χ3n) is 9.73. The number of hydrogen-bond donors (Lipinski definition) is 2. The Hall–Kier alpha value is -2.77. The summed E-state index contributed by atoms with van der Waals surface area (Å²) < 4.78 is 5.76. The number of fused-ring (bicyclic) bond motifs is 2. The minimum atomic E-state index is -0.331. The highest BCUT2D eigenvalue weighted by atomic mass is 16.3. The normalized spacial score (nSPS) is 29.4. The largest absolute Gasteiger partial charge is 0.464 e. The van der Waals surface area contributed by atoms with Crippen molar-refractivity contribution >= 4 is 16.8 Å². The van der Waals surface area contributed by atoms with Gasteiger partial charge in [-0.25, -0.2) is 9.97 Å². The third-order valence-corrected chi connectivity index (χ3v) is 9.73. The Morgan fingerprint density at radius 2 is 1.92 bits per heavy atom. The van der Waals surface area contributed by atoms with E-state index in [1.807, 2.05) is 25.1 Å². The van der Waals surface area contributed by atoms with E-state index in [9.17, 15) is 9.90 Å². The number of aliphatic hydroxyl groups excluding tert-OH is 1. The van der Waals surface area contributed by atoms with Gasteiger partial charge in [0.05, 0.1) is 23.4 Å². The minimum Gasteiger partial charge on any atom is -0.464 e. The molecule has 1 aromatic carbocycles. The third kappa shape index (κ3) is 4.16. The number of hydrogen-bond acceptors (Lipinski definition) is 7. The number of aliphatic hydroxyl groups is 1. The van der Waals surface area contributed by atoms with Gasteiger partial charge >= 0.3 is 0 Å². The Bertz CT molecular complexity index is 1360. The molecule has 5 aliphatic rings. The highest BCUT2D eigenvalue weighted by Gasteiger charge is 2.53. The summed E-state index contributed by atoms with van der Waals surface area (Å²) in [6, 6.07) is 5.72. The molecule has 7 heteroatoms. The summed E-state index contributed by atoms with van der Waals surface area (Å²) in [5.41, 5.74) is 4.63. The van der Waals surface area contributed by atoms with Gasteiger partial charge in [-0.15, -0.1) is 0 Å². The van der Waals surface area contributed by atoms with E-state index in [0.29, 0.717) is 36.2 Å². The first-order valence-electron chi connectivity index (χ1n) is 13.9. The van der Waals surface area contributed by atoms with Gasteiger partial charge < -0.3 is 14.8 Å². The fourth-order valence-electron chi connectivity index (χ4n) is 8.33. The molecule has 0 radical (unpaired) electrons. The van der Waals surface area contributed by atoms with Crippen LogP contribution in [0.3, 0.4) is 0 Å². The van der Waals surface area contributed by atoms with Crippen molar-refractivity contribution in [3.63, 3.8) is 0 Å². The maximum Gasteiger partial charge on any atom is 0.197 e. The average molecular weight is 501 g/mol. The lowest BCUT2D eigenvalue weighted by molar-refractivity contribution is -0.115. The molecule has 3 aromatic rings. The van der Waals surface area contributed by atoms with E-state index in [4.69, 9.17) is 4.42 Å². The van der Waals surface area contributed by atoms with Gasteiger partial charge in [-0.2, -0.15) is 0 Å². The van der Waals surface area contributed by atoms with Crippen LogP contribution in [-0.2, 0) is 19.5 Å². The smallest absolute Gasteiger partial charge is 0.197 e. The van der Waals surface area contributed by atoms with Crippen LogP contribution in [0.1, 0.15) is 60.9 Å². The van der Waals surface area contributed by atoms with Gasteiger partial charge in [-0.05, 0) is 87.2 Å².